The molecule has 2 aromatic rings. The van der Waals surface area contributed by atoms with E-state index < -0.39 is 0 Å². The van der Waals surface area contributed by atoms with Crippen LogP contribution in [0.1, 0.15) is 24.3 Å². The minimum Gasteiger partial charge on any atom is -0.493 e. The molecule has 2 heterocycles. The van der Waals surface area contributed by atoms with Crippen LogP contribution < -0.4 is 14.8 Å². The second-order valence-electron chi connectivity index (χ2n) is 6.52. The van der Waals surface area contributed by atoms with Crippen LogP contribution in [0.3, 0.4) is 0 Å². The number of methoxy groups -OCH3 is 2. The summed E-state index contributed by atoms with van der Waals surface area (Å²) in [7, 11) is 3.19. The molecular weight excluding hydrogens is 380 g/mol. The van der Waals surface area contributed by atoms with Crippen LogP contribution in [0.4, 0.5) is 0 Å². The van der Waals surface area contributed by atoms with Crippen LogP contribution in [0, 0.1) is 6.92 Å². The molecule has 0 bridgehead atoms. The van der Waals surface area contributed by atoms with Gasteiger partial charge in [-0.05, 0) is 38.0 Å². The third-order valence-electron chi connectivity index (χ3n) is 4.55. The number of oxazole rings is 1. The molecule has 1 aliphatic rings. The van der Waals surface area contributed by atoms with E-state index in [0.29, 0.717) is 35.4 Å². The van der Waals surface area contributed by atoms with Gasteiger partial charge in [-0.3, -0.25) is 4.79 Å². The molecule has 0 aliphatic carbocycles. The van der Waals surface area contributed by atoms with E-state index in [2.05, 4.69) is 10.3 Å². The smallest absolute Gasteiger partial charge is 0.230 e. The van der Waals surface area contributed by atoms with Crippen LogP contribution in [0.2, 0.25) is 0 Å². The van der Waals surface area contributed by atoms with Crippen molar-refractivity contribution in [2.75, 3.05) is 33.1 Å². The SMILES string of the molecule is COc1ccc(-c2nc(CSCC(=O)NC[C@H]3CCCO3)c(C)o2)cc1OC. The predicted octanol–water partition coefficient (Wildman–Crippen LogP) is 3.20. The Morgan fingerprint density at radius 1 is 1.32 bits per heavy atom. The summed E-state index contributed by atoms with van der Waals surface area (Å²) in [5.41, 5.74) is 1.65. The lowest BCUT2D eigenvalue weighted by Gasteiger charge is -2.10. The molecule has 1 saturated heterocycles. The van der Waals surface area contributed by atoms with E-state index >= 15 is 0 Å². The monoisotopic (exact) mass is 406 g/mol. The topological polar surface area (TPSA) is 82.8 Å². The number of aryl methyl sites for hydroxylation is 1. The Labute approximate surface area is 169 Å². The summed E-state index contributed by atoms with van der Waals surface area (Å²) in [5.74, 6) is 3.55. The average molecular weight is 407 g/mol. The van der Waals surface area contributed by atoms with Crippen molar-refractivity contribution in [1.29, 1.82) is 0 Å². The van der Waals surface area contributed by atoms with Crippen LogP contribution in [0.5, 0.6) is 11.5 Å². The average Bonchev–Trinajstić information content (AvgIpc) is 3.36. The second-order valence-corrected chi connectivity index (χ2v) is 7.51. The van der Waals surface area contributed by atoms with Crippen molar-refractivity contribution in [1.82, 2.24) is 10.3 Å². The third kappa shape index (κ3) is 5.20. The molecular formula is C20H26N2O5S. The molecule has 0 radical (unpaired) electrons. The van der Waals surface area contributed by atoms with Gasteiger partial charge in [-0.15, -0.1) is 11.8 Å². The van der Waals surface area contributed by atoms with Gasteiger partial charge < -0.3 is 23.9 Å². The van der Waals surface area contributed by atoms with E-state index in [1.54, 1.807) is 14.2 Å². The Morgan fingerprint density at radius 3 is 2.86 bits per heavy atom. The fourth-order valence-corrected chi connectivity index (χ4v) is 3.83. The molecule has 1 fully saturated rings. The van der Waals surface area contributed by atoms with Crippen molar-refractivity contribution in [2.45, 2.75) is 31.6 Å². The molecule has 1 N–H and O–H groups in total. The molecule has 152 valence electrons. The number of hydrogen-bond donors (Lipinski definition) is 1. The van der Waals surface area contributed by atoms with Gasteiger partial charge in [-0.25, -0.2) is 4.98 Å². The minimum absolute atomic E-state index is 0.0155. The number of hydrogen-bond acceptors (Lipinski definition) is 7. The lowest BCUT2D eigenvalue weighted by molar-refractivity contribution is -0.119. The first kappa shape index (κ1) is 20.5. The maximum atomic E-state index is 12.0. The summed E-state index contributed by atoms with van der Waals surface area (Å²) in [4.78, 5) is 16.6. The van der Waals surface area contributed by atoms with Crippen molar-refractivity contribution in [3.63, 3.8) is 0 Å². The molecule has 7 nitrogen and oxygen atoms in total. The normalized spacial score (nSPS) is 16.2. The van der Waals surface area contributed by atoms with Gasteiger partial charge in [-0.2, -0.15) is 0 Å². The second kappa shape index (κ2) is 9.84. The van der Waals surface area contributed by atoms with Crippen LogP contribution in [-0.4, -0.2) is 50.1 Å². The largest absolute Gasteiger partial charge is 0.493 e. The van der Waals surface area contributed by atoms with Crippen molar-refractivity contribution in [3.05, 3.63) is 29.7 Å². The Kier molecular flexibility index (Phi) is 7.22. The molecule has 28 heavy (non-hydrogen) atoms. The quantitative estimate of drug-likeness (QED) is 0.685. The number of aromatic nitrogens is 1. The highest BCUT2D eigenvalue weighted by Gasteiger charge is 2.17. The molecule has 1 aromatic heterocycles. The first-order valence-corrected chi connectivity index (χ1v) is 10.4. The van der Waals surface area contributed by atoms with Crippen LogP contribution >= 0.6 is 11.8 Å². The van der Waals surface area contributed by atoms with Gasteiger partial charge in [0, 0.05) is 24.5 Å². The molecule has 0 unspecified atom stereocenters. The maximum absolute atomic E-state index is 12.0. The summed E-state index contributed by atoms with van der Waals surface area (Å²) in [6.45, 7) is 3.26. The molecule has 1 aliphatic heterocycles. The predicted molar refractivity (Wildman–Crippen MR) is 108 cm³/mol. The zero-order valence-corrected chi connectivity index (χ0v) is 17.3. The number of amides is 1. The fraction of sp³-hybridized carbons (Fsp3) is 0.500. The number of carbonyl (C=O) groups is 1. The van der Waals surface area contributed by atoms with Crippen molar-refractivity contribution in [3.8, 4) is 23.0 Å². The molecule has 0 saturated carbocycles. The zero-order valence-electron chi connectivity index (χ0n) is 16.4. The highest BCUT2D eigenvalue weighted by molar-refractivity contribution is 7.99. The first-order chi connectivity index (χ1) is 13.6. The Hall–Kier alpha value is -2.19. The highest BCUT2D eigenvalue weighted by Crippen LogP contribution is 2.33. The summed E-state index contributed by atoms with van der Waals surface area (Å²) in [5, 5.41) is 2.93. The fourth-order valence-electron chi connectivity index (χ4n) is 2.98. The van der Waals surface area contributed by atoms with Gasteiger partial charge in [0.2, 0.25) is 11.8 Å². The van der Waals surface area contributed by atoms with Crippen molar-refractivity contribution >= 4 is 17.7 Å². The van der Waals surface area contributed by atoms with E-state index in [0.717, 1.165) is 36.5 Å². The third-order valence-corrected chi connectivity index (χ3v) is 5.49. The van der Waals surface area contributed by atoms with Crippen LogP contribution in [0.25, 0.3) is 11.5 Å². The Morgan fingerprint density at radius 2 is 2.14 bits per heavy atom. The molecule has 1 aromatic carbocycles. The number of benzene rings is 1. The number of thioether (sulfide) groups is 1. The lowest BCUT2D eigenvalue weighted by Crippen LogP contribution is -2.32. The van der Waals surface area contributed by atoms with Gasteiger partial charge in [0.05, 0.1) is 31.8 Å². The maximum Gasteiger partial charge on any atom is 0.230 e. The summed E-state index contributed by atoms with van der Waals surface area (Å²) in [6.07, 6.45) is 2.25. The zero-order chi connectivity index (χ0) is 19.9. The first-order valence-electron chi connectivity index (χ1n) is 9.25. The summed E-state index contributed by atoms with van der Waals surface area (Å²) >= 11 is 1.51. The minimum atomic E-state index is 0.0155. The molecule has 0 spiro atoms. The number of nitrogens with one attached hydrogen (secondary N) is 1. The standard InChI is InChI=1S/C20H26N2O5S/c1-13-16(11-28-12-19(23)21-10-15-5-4-8-26-15)22-20(27-13)14-6-7-17(24-2)18(9-14)25-3/h6-7,9,15H,4-5,8,10-12H2,1-3H3,(H,21,23)/t15-/m1/s1. The van der Waals surface area contributed by atoms with E-state index in [4.69, 9.17) is 18.6 Å². The molecule has 1 atom stereocenters. The number of ether oxygens (including phenoxy) is 3. The van der Waals surface area contributed by atoms with E-state index in [1.165, 1.54) is 11.8 Å². The van der Waals surface area contributed by atoms with E-state index in [9.17, 15) is 4.79 Å². The molecule has 8 heteroatoms. The number of nitrogens with zero attached hydrogens (tertiary/aromatic N) is 1. The molecule has 3 rings (SSSR count). The molecule has 1 amide bonds. The van der Waals surface area contributed by atoms with Gasteiger partial charge in [0.15, 0.2) is 11.5 Å². The number of rotatable bonds is 9. The van der Waals surface area contributed by atoms with Crippen LogP contribution in [-0.2, 0) is 15.3 Å². The van der Waals surface area contributed by atoms with Gasteiger partial charge in [0.25, 0.3) is 0 Å². The summed E-state index contributed by atoms with van der Waals surface area (Å²) in [6, 6.07) is 5.53. The summed E-state index contributed by atoms with van der Waals surface area (Å²) < 4.78 is 21.9. The van der Waals surface area contributed by atoms with E-state index in [-0.39, 0.29) is 12.0 Å². The van der Waals surface area contributed by atoms with Crippen LogP contribution in [0.15, 0.2) is 22.6 Å². The van der Waals surface area contributed by atoms with Crippen molar-refractivity contribution in [2.24, 2.45) is 0 Å². The van der Waals surface area contributed by atoms with Gasteiger partial charge in [0.1, 0.15) is 5.76 Å². The van der Waals surface area contributed by atoms with Gasteiger partial charge in [-0.1, -0.05) is 0 Å². The van der Waals surface area contributed by atoms with Crippen molar-refractivity contribution < 1.29 is 23.4 Å². The van der Waals surface area contributed by atoms with E-state index in [1.807, 2.05) is 25.1 Å². The number of carbonyl (C=O) groups excluding carboxylic acids is 1. The highest BCUT2D eigenvalue weighted by atomic mass is 32.2. The Bertz CT molecular complexity index is 802. The lowest BCUT2D eigenvalue weighted by atomic mass is 10.2. The Balaban J connectivity index is 1.53. The van der Waals surface area contributed by atoms with Gasteiger partial charge >= 0.3 is 0 Å².